The van der Waals surface area contributed by atoms with Gasteiger partial charge in [-0.15, -0.1) is 11.3 Å². The molecule has 4 aromatic rings. The topological polar surface area (TPSA) is 92.8 Å². The van der Waals surface area contributed by atoms with Gasteiger partial charge in [-0.2, -0.15) is 0 Å². The van der Waals surface area contributed by atoms with E-state index in [0.717, 1.165) is 61.5 Å². The van der Waals surface area contributed by atoms with E-state index in [1.807, 2.05) is 35.8 Å². The summed E-state index contributed by atoms with van der Waals surface area (Å²) in [7, 11) is 0. The van der Waals surface area contributed by atoms with Crippen LogP contribution in [0.1, 0.15) is 61.5 Å². The number of nitrogens with zero attached hydrogens (tertiary/aromatic N) is 3. The Kier molecular flexibility index (Phi) is 7.80. The van der Waals surface area contributed by atoms with Crippen molar-refractivity contribution in [3.63, 3.8) is 0 Å². The van der Waals surface area contributed by atoms with Crippen molar-refractivity contribution >= 4 is 33.4 Å². The van der Waals surface area contributed by atoms with Gasteiger partial charge in [-0.3, -0.25) is 15.1 Å². The first-order valence-electron chi connectivity index (χ1n) is 11.4. The molecule has 8 heteroatoms. The van der Waals surface area contributed by atoms with Crippen molar-refractivity contribution in [2.45, 2.75) is 45.4 Å². The monoisotopic (exact) mass is 463 g/mol. The van der Waals surface area contributed by atoms with E-state index < -0.39 is 0 Å². The summed E-state index contributed by atoms with van der Waals surface area (Å²) in [6.45, 7) is 5.89. The normalized spacial score (nSPS) is 12.2. The molecule has 0 saturated carbocycles. The number of thiazole rings is 1. The zero-order valence-electron chi connectivity index (χ0n) is 19.0. The minimum absolute atomic E-state index is 0.224. The Hall–Kier alpha value is -3.10. The number of anilines is 1. The number of imidazole rings is 1. The molecule has 1 unspecified atom stereocenters. The second kappa shape index (κ2) is 11.2. The van der Waals surface area contributed by atoms with Gasteiger partial charge in [0.1, 0.15) is 11.3 Å². The van der Waals surface area contributed by atoms with Gasteiger partial charge in [0, 0.05) is 42.5 Å². The molecule has 0 spiro atoms. The SMILES string of the molecule is CCCOCCCC(CC)c1ncccc1-c1nc2c(C(=O)Nc3nccs3)cccc2[nH]1. The van der Waals surface area contributed by atoms with Gasteiger partial charge < -0.3 is 9.72 Å². The average Bonchev–Trinajstić information content (AvgIpc) is 3.51. The van der Waals surface area contributed by atoms with E-state index in [0.29, 0.717) is 22.1 Å². The number of fused-ring (bicyclic) bond motifs is 1. The molecule has 0 fully saturated rings. The average molecular weight is 464 g/mol. The number of para-hydroxylation sites is 1. The third kappa shape index (κ3) is 5.46. The number of benzene rings is 1. The first kappa shape index (κ1) is 23.1. The van der Waals surface area contributed by atoms with Crippen LogP contribution in [0.25, 0.3) is 22.4 Å². The van der Waals surface area contributed by atoms with E-state index in [1.54, 1.807) is 12.3 Å². The number of amides is 1. The summed E-state index contributed by atoms with van der Waals surface area (Å²) in [4.78, 5) is 30.0. The lowest BCUT2D eigenvalue weighted by Crippen LogP contribution is -2.12. The van der Waals surface area contributed by atoms with Crippen molar-refractivity contribution in [1.82, 2.24) is 19.9 Å². The number of ether oxygens (including phenoxy) is 1. The second-order valence-corrected chi connectivity index (χ2v) is 8.77. The first-order valence-corrected chi connectivity index (χ1v) is 12.3. The lowest BCUT2D eigenvalue weighted by Gasteiger charge is -2.17. The van der Waals surface area contributed by atoms with E-state index >= 15 is 0 Å². The Bertz CT molecular complexity index is 1190. The first-order chi connectivity index (χ1) is 16.2. The third-order valence-electron chi connectivity index (χ3n) is 5.57. The van der Waals surface area contributed by atoms with Gasteiger partial charge in [0.25, 0.3) is 5.91 Å². The molecular formula is C25H29N5O2S. The fourth-order valence-corrected chi connectivity index (χ4v) is 4.47. The summed E-state index contributed by atoms with van der Waals surface area (Å²) < 4.78 is 5.66. The molecule has 0 aliphatic rings. The summed E-state index contributed by atoms with van der Waals surface area (Å²) in [5.41, 5.74) is 3.96. The van der Waals surface area contributed by atoms with E-state index in [-0.39, 0.29) is 5.91 Å². The van der Waals surface area contributed by atoms with Crippen molar-refractivity contribution in [2.24, 2.45) is 0 Å². The van der Waals surface area contributed by atoms with Crippen LogP contribution in [0.4, 0.5) is 5.13 Å². The molecule has 0 saturated heterocycles. The van der Waals surface area contributed by atoms with Gasteiger partial charge >= 0.3 is 0 Å². The fraction of sp³-hybridized carbons (Fsp3) is 0.360. The number of hydrogen-bond donors (Lipinski definition) is 2. The maximum absolute atomic E-state index is 12.9. The van der Waals surface area contributed by atoms with E-state index in [1.165, 1.54) is 11.3 Å². The van der Waals surface area contributed by atoms with Crippen molar-refractivity contribution in [3.05, 3.63) is 59.4 Å². The molecule has 3 heterocycles. The molecule has 1 aromatic carbocycles. The number of aromatic nitrogens is 4. The molecular weight excluding hydrogens is 434 g/mol. The van der Waals surface area contributed by atoms with Crippen LogP contribution >= 0.6 is 11.3 Å². The minimum Gasteiger partial charge on any atom is -0.381 e. The molecule has 0 radical (unpaired) electrons. The molecule has 33 heavy (non-hydrogen) atoms. The lowest BCUT2D eigenvalue weighted by molar-refractivity contribution is 0.102. The number of nitrogens with one attached hydrogen (secondary N) is 2. The summed E-state index contributed by atoms with van der Waals surface area (Å²) in [6, 6.07) is 9.55. The van der Waals surface area contributed by atoms with Gasteiger partial charge in [-0.05, 0) is 49.9 Å². The summed E-state index contributed by atoms with van der Waals surface area (Å²) in [5.74, 6) is 0.814. The van der Waals surface area contributed by atoms with Crippen LogP contribution in [0.3, 0.4) is 0 Å². The van der Waals surface area contributed by atoms with Gasteiger partial charge in [0.05, 0.1) is 16.8 Å². The number of pyridine rings is 1. The highest BCUT2D eigenvalue weighted by atomic mass is 32.1. The van der Waals surface area contributed by atoms with Crippen molar-refractivity contribution in [2.75, 3.05) is 18.5 Å². The minimum atomic E-state index is -0.224. The Morgan fingerprint density at radius 1 is 1.15 bits per heavy atom. The summed E-state index contributed by atoms with van der Waals surface area (Å²) >= 11 is 1.38. The largest absolute Gasteiger partial charge is 0.381 e. The van der Waals surface area contributed by atoms with Crippen LogP contribution in [-0.2, 0) is 4.74 Å². The van der Waals surface area contributed by atoms with Crippen LogP contribution in [0.15, 0.2) is 48.1 Å². The molecule has 4 rings (SSSR count). The van der Waals surface area contributed by atoms with Gasteiger partial charge in [0.15, 0.2) is 5.13 Å². The quantitative estimate of drug-likeness (QED) is 0.265. The Labute approximate surface area is 197 Å². The van der Waals surface area contributed by atoms with Gasteiger partial charge in [0.2, 0.25) is 0 Å². The Balaban J connectivity index is 1.61. The highest BCUT2D eigenvalue weighted by molar-refractivity contribution is 7.13. The number of hydrogen-bond acceptors (Lipinski definition) is 6. The lowest BCUT2D eigenvalue weighted by atomic mass is 9.92. The van der Waals surface area contributed by atoms with Gasteiger partial charge in [-0.1, -0.05) is 19.9 Å². The van der Waals surface area contributed by atoms with E-state index in [4.69, 9.17) is 14.7 Å². The molecule has 0 aliphatic carbocycles. The smallest absolute Gasteiger partial charge is 0.259 e. The molecule has 1 atom stereocenters. The third-order valence-corrected chi connectivity index (χ3v) is 6.26. The molecule has 0 bridgehead atoms. The maximum atomic E-state index is 12.9. The molecule has 3 aromatic heterocycles. The van der Waals surface area contributed by atoms with Crippen LogP contribution in [0, 0.1) is 0 Å². The van der Waals surface area contributed by atoms with Crippen molar-refractivity contribution < 1.29 is 9.53 Å². The number of rotatable bonds is 11. The maximum Gasteiger partial charge on any atom is 0.259 e. The Morgan fingerprint density at radius 2 is 2.06 bits per heavy atom. The highest BCUT2D eigenvalue weighted by Gasteiger charge is 2.20. The van der Waals surface area contributed by atoms with Crippen LogP contribution in [-0.4, -0.2) is 39.1 Å². The molecule has 172 valence electrons. The molecule has 2 N–H and O–H groups in total. The predicted octanol–water partition coefficient (Wildman–Crippen LogP) is 6.03. The number of carbonyl (C=O) groups excluding carboxylic acids is 1. The summed E-state index contributed by atoms with van der Waals surface area (Å²) in [6.07, 6.45) is 7.53. The molecule has 7 nitrogen and oxygen atoms in total. The van der Waals surface area contributed by atoms with Crippen molar-refractivity contribution in [1.29, 1.82) is 0 Å². The fourth-order valence-electron chi connectivity index (χ4n) is 3.95. The molecule has 1 amide bonds. The van der Waals surface area contributed by atoms with Crippen molar-refractivity contribution in [3.8, 4) is 11.4 Å². The summed E-state index contributed by atoms with van der Waals surface area (Å²) in [5, 5.41) is 5.24. The van der Waals surface area contributed by atoms with Crippen LogP contribution in [0.2, 0.25) is 0 Å². The van der Waals surface area contributed by atoms with Crippen LogP contribution < -0.4 is 5.32 Å². The van der Waals surface area contributed by atoms with Crippen LogP contribution in [0.5, 0.6) is 0 Å². The Morgan fingerprint density at radius 3 is 2.85 bits per heavy atom. The van der Waals surface area contributed by atoms with Gasteiger partial charge in [-0.25, -0.2) is 9.97 Å². The zero-order chi connectivity index (χ0) is 23.0. The van der Waals surface area contributed by atoms with E-state index in [9.17, 15) is 4.79 Å². The second-order valence-electron chi connectivity index (χ2n) is 7.87. The number of aromatic amines is 1. The predicted molar refractivity (Wildman–Crippen MR) is 133 cm³/mol. The highest BCUT2D eigenvalue weighted by Crippen LogP contribution is 2.32. The zero-order valence-corrected chi connectivity index (χ0v) is 19.8. The molecule has 0 aliphatic heterocycles. The van der Waals surface area contributed by atoms with E-state index in [2.05, 4.69) is 29.1 Å². The standard InChI is InChI=1S/C25H29N5O2S/c1-3-14-32-15-7-8-17(4-2)21-18(10-6-12-26-21)23-28-20-11-5-9-19(22(20)29-23)24(31)30-25-27-13-16-33-25/h5-6,9-13,16-17H,3-4,7-8,14-15H2,1-2H3,(H,28,29)(H,27,30,31). The number of carbonyl (C=O) groups is 1. The number of H-pyrrole nitrogens is 1.